The molecule has 10 heteroatoms. The van der Waals surface area contributed by atoms with Crippen molar-refractivity contribution in [2.75, 3.05) is 17.7 Å². The second-order valence-corrected chi connectivity index (χ2v) is 5.79. The van der Waals surface area contributed by atoms with Crippen LogP contribution in [0.5, 0.6) is 0 Å². The van der Waals surface area contributed by atoms with Crippen LogP contribution in [0.1, 0.15) is 22.3 Å². The Hall–Kier alpha value is -1.94. The van der Waals surface area contributed by atoms with E-state index in [1.165, 1.54) is 18.0 Å². The summed E-state index contributed by atoms with van der Waals surface area (Å²) in [5, 5.41) is 13.6. The third kappa shape index (κ3) is 4.26. The highest BCUT2D eigenvalue weighted by atomic mass is 32.2. The molecule has 0 radical (unpaired) electrons. The number of H-pyrrole nitrogens is 1. The van der Waals surface area contributed by atoms with Gasteiger partial charge in [0, 0.05) is 0 Å². The molecule has 112 valence electrons. The minimum absolute atomic E-state index is 0.180. The first-order valence-electron chi connectivity index (χ1n) is 6.03. The molecule has 0 unspecified atom stereocenters. The number of nitrogens with one attached hydrogen (secondary N) is 2. The fraction of sp³-hybridized carbons (Fsp3) is 0.364. The van der Waals surface area contributed by atoms with Crippen LogP contribution in [0.15, 0.2) is 11.2 Å². The standard InChI is InChI=1S/C11H13N5O3S2/c1-3-19-10(18)9-6(2)13-11(21-9)14-7(17)5-20-8-4-12-16-15-8/h4H,3,5H2,1-2H3,(H,12,15,16)(H,13,14,17). The lowest BCUT2D eigenvalue weighted by Gasteiger charge is -1.99. The van der Waals surface area contributed by atoms with Crippen LogP contribution >= 0.6 is 23.1 Å². The quantitative estimate of drug-likeness (QED) is 0.610. The molecule has 21 heavy (non-hydrogen) atoms. The zero-order valence-electron chi connectivity index (χ0n) is 11.4. The maximum Gasteiger partial charge on any atom is 0.350 e. The van der Waals surface area contributed by atoms with Crippen molar-refractivity contribution < 1.29 is 14.3 Å². The molecular weight excluding hydrogens is 314 g/mol. The first kappa shape index (κ1) is 15.4. The molecule has 0 spiro atoms. The van der Waals surface area contributed by atoms with Gasteiger partial charge in [-0.15, -0.1) is 5.10 Å². The van der Waals surface area contributed by atoms with E-state index in [9.17, 15) is 9.59 Å². The van der Waals surface area contributed by atoms with Crippen LogP contribution in [0.2, 0.25) is 0 Å². The van der Waals surface area contributed by atoms with Crippen LogP contribution in [0, 0.1) is 6.92 Å². The summed E-state index contributed by atoms with van der Waals surface area (Å²) < 4.78 is 4.92. The van der Waals surface area contributed by atoms with Gasteiger partial charge in [-0.1, -0.05) is 23.1 Å². The summed E-state index contributed by atoms with van der Waals surface area (Å²) in [6, 6.07) is 0. The summed E-state index contributed by atoms with van der Waals surface area (Å²) in [4.78, 5) is 28.0. The van der Waals surface area contributed by atoms with E-state index in [-0.39, 0.29) is 11.7 Å². The van der Waals surface area contributed by atoms with Gasteiger partial charge in [-0.05, 0) is 13.8 Å². The zero-order valence-corrected chi connectivity index (χ0v) is 13.0. The SMILES string of the molecule is CCOC(=O)c1sc(NC(=O)CSc2cn[nH]n2)nc1C. The number of anilines is 1. The van der Waals surface area contributed by atoms with E-state index < -0.39 is 5.97 Å². The van der Waals surface area contributed by atoms with Crippen molar-refractivity contribution in [2.45, 2.75) is 18.9 Å². The average molecular weight is 327 g/mol. The summed E-state index contributed by atoms with van der Waals surface area (Å²) in [5.41, 5.74) is 0.540. The molecule has 0 atom stereocenters. The van der Waals surface area contributed by atoms with Gasteiger partial charge in [0.15, 0.2) is 5.13 Å². The normalized spacial score (nSPS) is 10.4. The minimum atomic E-state index is -0.426. The number of carbonyl (C=O) groups excluding carboxylic acids is 2. The fourth-order valence-electron chi connectivity index (χ4n) is 1.39. The maximum absolute atomic E-state index is 11.8. The van der Waals surface area contributed by atoms with Crippen molar-refractivity contribution in [3.05, 3.63) is 16.8 Å². The Morgan fingerprint density at radius 3 is 3.00 bits per heavy atom. The van der Waals surface area contributed by atoms with E-state index in [0.29, 0.717) is 27.3 Å². The van der Waals surface area contributed by atoms with Crippen LogP contribution in [0.3, 0.4) is 0 Å². The van der Waals surface area contributed by atoms with E-state index in [1.54, 1.807) is 13.8 Å². The second kappa shape index (κ2) is 7.18. The number of aromatic nitrogens is 4. The molecule has 0 bridgehead atoms. The Morgan fingerprint density at radius 2 is 2.33 bits per heavy atom. The second-order valence-electron chi connectivity index (χ2n) is 3.80. The van der Waals surface area contributed by atoms with Crippen molar-refractivity contribution in [3.8, 4) is 0 Å². The van der Waals surface area contributed by atoms with Gasteiger partial charge in [-0.3, -0.25) is 4.79 Å². The van der Waals surface area contributed by atoms with E-state index in [0.717, 1.165) is 11.3 Å². The molecule has 0 saturated heterocycles. The van der Waals surface area contributed by atoms with Gasteiger partial charge in [0.2, 0.25) is 5.91 Å². The number of thioether (sulfide) groups is 1. The van der Waals surface area contributed by atoms with Crippen LogP contribution in [0.25, 0.3) is 0 Å². The first-order valence-corrected chi connectivity index (χ1v) is 7.83. The summed E-state index contributed by atoms with van der Waals surface area (Å²) in [7, 11) is 0. The molecule has 8 nitrogen and oxygen atoms in total. The molecular formula is C11H13N5O3S2. The summed E-state index contributed by atoms with van der Waals surface area (Å²) in [6.07, 6.45) is 1.53. The number of rotatable bonds is 6. The third-order valence-corrected chi connectivity index (χ3v) is 4.20. The molecule has 0 aliphatic rings. The predicted octanol–water partition coefficient (Wildman–Crippen LogP) is 1.48. The van der Waals surface area contributed by atoms with E-state index in [2.05, 4.69) is 25.7 Å². The Kier molecular flexibility index (Phi) is 5.28. The molecule has 2 rings (SSSR count). The van der Waals surface area contributed by atoms with Crippen LogP contribution < -0.4 is 5.32 Å². The van der Waals surface area contributed by atoms with Gasteiger partial charge in [-0.2, -0.15) is 10.3 Å². The van der Waals surface area contributed by atoms with Crippen LogP contribution in [-0.4, -0.2) is 44.6 Å². The summed E-state index contributed by atoms with van der Waals surface area (Å²) >= 11 is 2.35. The van der Waals surface area contributed by atoms with Crippen molar-refractivity contribution in [1.29, 1.82) is 0 Å². The number of amides is 1. The third-order valence-electron chi connectivity index (χ3n) is 2.25. The predicted molar refractivity (Wildman–Crippen MR) is 78.5 cm³/mol. The maximum atomic E-state index is 11.8. The van der Waals surface area contributed by atoms with E-state index in [4.69, 9.17) is 4.74 Å². The number of ether oxygens (including phenoxy) is 1. The molecule has 0 aromatic carbocycles. The molecule has 2 aromatic rings. The number of hydrogen-bond acceptors (Lipinski definition) is 8. The number of thiazole rings is 1. The summed E-state index contributed by atoms with van der Waals surface area (Å²) in [6.45, 7) is 3.73. The lowest BCUT2D eigenvalue weighted by Crippen LogP contribution is -2.13. The van der Waals surface area contributed by atoms with Crippen LogP contribution in [-0.2, 0) is 9.53 Å². The summed E-state index contributed by atoms with van der Waals surface area (Å²) in [5.74, 6) is -0.475. The smallest absolute Gasteiger partial charge is 0.350 e. The zero-order chi connectivity index (χ0) is 15.2. The van der Waals surface area contributed by atoms with Crippen molar-refractivity contribution >= 4 is 40.1 Å². The molecule has 0 aliphatic heterocycles. The topological polar surface area (TPSA) is 110 Å². The lowest BCUT2D eigenvalue weighted by molar-refractivity contribution is -0.113. The van der Waals surface area contributed by atoms with Gasteiger partial charge >= 0.3 is 5.97 Å². The molecule has 2 aromatic heterocycles. The van der Waals surface area contributed by atoms with Crippen LogP contribution in [0.4, 0.5) is 5.13 Å². The molecule has 0 fully saturated rings. The van der Waals surface area contributed by atoms with Crippen molar-refractivity contribution in [3.63, 3.8) is 0 Å². The Balaban J connectivity index is 1.92. The highest BCUT2D eigenvalue weighted by molar-refractivity contribution is 7.99. The number of aryl methyl sites for hydroxylation is 1. The monoisotopic (exact) mass is 327 g/mol. The number of carbonyl (C=O) groups is 2. The van der Waals surface area contributed by atoms with Gasteiger partial charge in [0.05, 0.1) is 24.3 Å². The fourth-order valence-corrected chi connectivity index (χ4v) is 2.85. The highest BCUT2D eigenvalue weighted by Gasteiger charge is 2.17. The van der Waals surface area contributed by atoms with Gasteiger partial charge in [-0.25, -0.2) is 9.78 Å². The van der Waals surface area contributed by atoms with E-state index >= 15 is 0 Å². The minimum Gasteiger partial charge on any atom is -0.462 e. The Bertz CT molecular complexity index is 626. The van der Waals surface area contributed by atoms with Gasteiger partial charge < -0.3 is 10.1 Å². The number of esters is 1. The molecule has 2 N–H and O–H groups in total. The molecule has 1 amide bonds. The average Bonchev–Trinajstić information content (AvgIpc) is 3.06. The largest absolute Gasteiger partial charge is 0.462 e. The van der Waals surface area contributed by atoms with E-state index in [1.807, 2.05) is 0 Å². The number of aromatic amines is 1. The Labute approximate surface area is 128 Å². The lowest BCUT2D eigenvalue weighted by atomic mass is 10.4. The van der Waals surface area contributed by atoms with Crippen molar-refractivity contribution in [2.24, 2.45) is 0 Å². The number of hydrogen-bond donors (Lipinski definition) is 2. The number of nitrogens with zero attached hydrogens (tertiary/aromatic N) is 3. The molecule has 2 heterocycles. The van der Waals surface area contributed by atoms with Gasteiger partial charge in [0.1, 0.15) is 9.90 Å². The highest BCUT2D eigenvalue weighted by Crippen LogP contribution is 2.23. The van der Waals surface area contributed by atoms with Crippen molar-refractivity contribution in [1.82, 2.24) is 20.4 Å². The van der Waals surface area contributed by atoms with Gasteiger partial charge in [0.25, 0.3) is 0 Å². The molecule has 0 saturated carbocycles. The Morgan fingerprint density at radius 1 is 1.52 bits per heavy atom. The molecule has 0 aliphatic carbocycles. The first-order chi connectivity index (χ1) is 10.1.